The number of rotatable bonds is 3. The molecule has 4 rings (SSSR count). The Morgan fingerprint density at radius 1 is 1.09 bits per heavy atom. The minimum atomic E-state index is -0.361. The predicted molar refractivity (Wildman–Crippen MR) is 80.7 cm³/mol. The molecule has 3 aromatic rings. The Morgan fingerprint density at radius 3 is 2.77 bits per heavy atom. The molecular formula is C16H16FN5. The molecule has 6 heteroatoms. The largest absolute Gasteiger partial charge is 0.299 e. The molecule has 1 fully saturated rings. The standard InChI is InChI=1S/C16H16FN5/c17-15-9-18-4-3-13(15)14-8-20-22-11-12(7-19-16(14)22)10-21-5-1-2-6-21/h3-4,7-9,11H,1-2,5-6,10H2. The van der Waals surface area contributed by atoms with Crippen molar-refractivity contribution >= 4 is 5.65 Å². The second-order valence-corrected chi connectivity index (χ2v) is 5.63. The van der Waals surface area contributed by atoms with Crippen molar-refractivity contribution in [1.29, 1.82) is 0 Å². The first-order valence-electron chi connectivity index (χ1n) is 7.46. The molecule has 0 bridgehead atoms. The molecule has 0 saturated carbocycles. The number of halogens is 1. The third-order valence-corrected chi connectivity index (χ3v) is 4.08. The zero-order valence-corrected chi connectivity index (χ0v) is 12.1. The number of aromatic nitrogens is 4. The van der Waals surface area contributed by atoms with Gasteiger partial charge in [0.1, 0.15) is 5.82 Å². The lowest BCUT2D eigenvalue weighted by Crippen LogP contribution is -2.18. The fourth-order valence-electron chi connectivity index (χ4n) is 2.98. The third kappa shape index (κ3) is 2.35. The molecule has 0 radical (unpaired) electrons. The molecule has 0 spiro atoms. The van der Waals surface area contributed by atoms with Crippen LogP contribution in [-0.2, 0) is 6.54 Å². The van der Waals surface area contributed by atoms with Crippen LogP contribution in [0.25, 0.3) is 16.8 Å². The third-order valence-electron chi connectivity index (χ3n) is 4.08. The Bertz CT molecular complexity index is 807. The van der Waals surface area contributed by atoms with Gasteiger partial charge in [-0.05, 0) is 32.0 Å². The lowest BCUT2D eigenvalue weighted by atomic mass is 10.1. The van der Waals surface area contributed by atoms with Gasteiger partial charge in [-0.15, -0.1) is 0 Å². The first-order chi connectivity index (χ1) is 10.8. The maximum atomic E-state index is 13.9. The molecule has 0 N–H and O–H groups in total. The smallest absolute Gasteiger partial charge is 0.162 e. The molecule has 1 saturated heterocycles. The van der Waals surface area contributed by atoms with Crippen molar-refractivity contribution in [3.63, 3.8) is 0 Å². The van der Waals surface area contributed by atoms with Crippen LogP contribution in [0.2, 0.25) is 0 Å². The maximum absolute atomic E-state index is 13.9. The topological polar surface area (TPSA) is 46.3 Å². The van der Waals surface area contributed by atoms with Crippen LogP contribution in [0, 0.1) is 5.82 Å². The van der Waals surface area contributed by atoms with Crippen molar-refractivity contribution in [2.75, 3.05) is 13.1 Å². The summed E-state index contributed by atoms with van der Waals surface area (Å²) in [5, 5.41) is 4.32. The van der Waals surface area contributed by atoms with Gasteiger partial charge in [0.15, 0.2) is 5.65 Å². The normalized spacial score (nSPS) is 15.7. The molecule has 1 aliphatic heterocycles. The predicted octanol–water partition coefficient (Wildman–Crippen LogP) is 2.53. The highest BCUT2D eigenvalue weighted by atomic mass is 19.1. The van der Waals surface area contributed by atoms with E-state index in [0.29, 0.717) is 16.8 Å². The number of likely N-dealkylation sites (tertiary alicyclic amines) is 1. The summed E-state index contributed by atoms with van der Waals surface area (Å²) in [7, 11) is 0. The van der Waals surface area contributed by atoms with Gasteiger partial charge < -0.3 is 0 Å². The first kappa shape index (κ1) is 13.3. The highest BCUT2D eigenvalue weighted by molar-refractivity contribution is 5.76. The number of nitrogens with zero attached hydrogens (tertiary/aromatic N) is 5. The fourth-order valence-corrected chi connectivity index (χ4v) is 2.98. The SMILES string of the molecule is Fc1cnccc1-c1cnn2cc(CN3CCCC3)cnc12. The zero-order valence-electron chi connectivity index (χ0n) is 12.1. The Kier molecular flexibility index (Phi) is 3.31. The summed E-state index contributed by atoms with van der Waals surface area (Å²) in [5.74, 6) is -0.361. The van der Waals surface area contributed by atoms with Crippen molar-refractivity contribution in [1.82, 2.24) is 24.5 Å². The van der Waals surface area contributed by atoms with Crippen LogP contribution in [0.5, 0.6) is 0 Å². The average Bonchev–Trinajstić information content (AvgIpc) is 3.17. The van der Waals surface area contributed by atoms with E-state index in [4.69, 9.17) is 0 Å². The van der Waals surface area contributed by atoms with Crippen molar-refractivity contribution in [3.05, 3.63) is 48.4 Å². The Balaban J connectivity index is 1.70. The minimum Gasteiger partial charge on any atom is -0.299 e. The number of pyridine rings is 1. The molecule has 4 heterocycles. The Labute approximate surface area is 127 Å². The summed E-state index contributed by atoms with van der Waals surface area (Å²) in [5.41, 5.74) is 2.95. The first-order valence-corrected chi connectivity index (χ1v) is 7.46. The van der Waals surface area contributed by atoms with Gasteiger partial charge in [-0.25, -0.2) is 13.9 Å². The number of hydrogen-bond acceptors (Lipinski definition) is 4. The van der Waals surface area contributed by atoms with E-state index in [-0.39, 0.29) is 5.82 Å². The molecule has 1 aliphatic rings. The Morgan fingerprint density at radius 2 is 1.95 bits per heavy atom. The molecule has 3 aromatic heterocycles. The van der Waals surface area contributed by atoms with Gasteiger partial charge in [-0.2, -0.15) is 5.10 Å². The molecule has 0 unspecified atom stereocenters. The second kappa shape index (κ2) is 5.46. The van der Waals surface area contributed by atoms with Crippen LogP contribution in [0.3, 0.4) is 0 Å². The number of fused-ring (bicyclic) bond motifs is 1. The lowest BCUT2D eigenvalue weighted by molar-refractivity contribution is 0.330. The highest BCUT2D eigenvalue weighted by Crippen LogP contribution is 2.25. The monoisotopic (exact) mass is 297 g/mol. The van der Waals surface area contributed by atoms with Gasteiger partial charge in [-0.3, -0.25) is 9.88 Å². The molecule has 0 amide bonds. The summed E-state index contributed by atoms with van der Waals surface area (Å²) in [6, 6.07) is 1.65. The summed E-state index contributed by atoms with van der Waals surface area (Å²) in [4.78, 5) is 10.7. The molecule has 22 heavy (non-hydrogen) atoms. The van der Waals surface area contributed by atoms with E-state index in [9.17, 15) is 4.39 Å². The van der Waals surface area contributed by atoms with Crippen LogP contribution < -0.4 is 0 Å². The van der Waals surface area contributed by atoms with Crippen molar-refractivity contribution < 1.29 is 4.39 Å². The fraction of sp³-hybridized carbons (Fsp3) is 0.312. The lowest BCUT2D eigenvalue weighted by Gasteiger charge is -2.14. The molecule has 0 atom stereocenters. The van der Waals surface area contributed by atoms with E-state index in [1.54, 1.807) is 23.0 Å². The highest BCUT2D eigenvalue weighted by Gasteiger charge is 2.15. The van der Waals surface area contributed by atoms with Gasteiger partial charge in [-0.1, -0.05) is 0 Å². The summed E-state index contributed by atoms with van der Waals surface area (Å²) in [6.45, 7) is 3.18. The van der Waals surface area contributed by atoms with Crippen molar-refractivity contribution in [2.24, 2.45) is 0 Å². The molecule has 112 valence electrons. The summed E-state index contributed by atoms with van der Waals surface area (Å²) >= 11 is 0. The van der Waals surface area contributed by atoms with E-state index in [0.717, 1.165) is 25.2 Å². The van der Waals surface area contributed by atoms with E-state index in [2.05, 4.69) is 20.0 Å². The maximum Gasteiger partial charge on any atom is 0.162 e. The van der Waals surface area contributed by atoms with Crippen LogP contribution in [0.15, 0.2) is 37.1 Å². The minimum absolute atomic E-state index is 0.361. The van der Waals surface area contributed by atoms with Crippen molar-refractivity contribution in [2.45, 2.75) is 19.4 Å². The van der Waals surface area contributed by atoms with E-state index in [1.807, 2.05) is 12.4 Å². The second-order valence-electron chi connectivity index (χ2n) is 5.63. The summed E-state index contributed by atoms with van der Waals surface area (Å²) < 4.78 is 15.6. The van der Waals surface area contributed by atoms with Crippen LogP contribution in [0.4, 0.5) is 4.39 Å². The van der Waals surface area contributed by atoms with Crippen LogP contribution >= 0.6 is 0 Å². The van der Waals surface area contributed by atoms with E-state index in [1.165, 1.54) is 19.0 Å². The van der Waals surface area contributed by atoms with Crippen LogP contribution in [0.1, 0.15) is 18.4 Å². The Hall–Kier alpha value is -2.34. The van der Waals surface area contributed by atoms with Gasteiger partial charge >= 0.3 is 0 Å². The molecule has 5 nitrogen and oxygen atoms in total. The quantitative estimate of drug-likeness (QED) is 0.745. The van der Waals surface area contributed by atoms with Gasteiger partial charge in [0.2, 0.25) is 0 Å². The summed E-state index contributed by atoms with van der Waals surface area (Å²) in [6.07, 6.45) is 10.8. The van der Waals surface area contributed by atoms with Gasteiger partial charge in [0.25, 0.3) is 0 Å². The molecule has 0 aromatic carbocycles. The molecule has 0 aliphatic carbocycles. The van der Waals surface area contributed by atoms with Gasteiger partial charge in [0.05, 0.1) is 12.4 Å². The number of hydrogen-bond donors (Lipinski definition) is 0. The molecular weight excluding hydrogens is 281 g/mol. The average molecular weight is 297 g/mol. The van der Waals surface area contributed by atoms with Crippen LogP contribution in [-0.4, -0.2) is 37.6 Å². The van der Waals surface area contributed by atoms with Crippen molar-refractivity contribution in [3.8, 4) is 11.1 Å². The van der Waals surface area contributed by atoms with E-state index < -0.39 is 0 Å². The van der Waals surface area contributed by atoms with Gasteiger partial charge in [0, 0.05) is 41.8 Å². The zero-order chi connectivity index (χ0) is 14.9. The van der Waals surface area contributed by atoms with E-state index >= 15 is 0 Å².